The summed E-state index contributed by atoms with van der Waals surface area (Å²) >= 11 is 1.69. The molecule has 2 aliphatic rings. The number of benzene rings is 1. The predicted octanol–water partition coefficient (Wildman–Crippen LogP) is 3.60. The number of rotatable bonds is 10. The average Bonchev–Trinajstić information content (AvgIpc) is 3.35. The highest BCUT2D eigenvalue weighted by Crippen LogP contribution is 2.34. The van der Waals surface area contributed by atoms with Crippen molar-refractivity contribution in [3.05, 3.63) is 52.0 Å². The van der Waals surface area contributed by atoms with E-state index in [4.69, 9.17) is 9.47 Å². The lowest BCUT2D eigenvalue weighted by molar-refractivity contribution is -0.143. The van der Waals surface area contributed by atoms with Crippen molar-refractivity contribution in [2.24, 2.45) is 5.92 Å². The number of amides is 2. The molecule has 0 aliphatic carbocycles. The molecule has 2 aliphatic heterocycles. The Kier molecular flexibility index (Phi) is 9.34. The minimum Gasteiger partial charge on any atom is -0.491 e. The maximum absolute atomic E-state index is 13.6. The highest BCUT2D eigenvalue weighted by molar-refractivity contribution is 7.10. The first-order chi connectivity index (χ1) is 17.4. The molecule has 0 N–H and O–H groups in total. The fourth-order valence-corrected chi connectivity index (χ4v) is 5.62. The third kappa shape index (κ3) is 7.05. The normalized spacial score (nSPS) is 18.2. The molecule has 0 spiro atoms. The maximum atomic E-state index is 13.6. The van der Waals surface area contributed by atoms with E-state index in [0.29, 0.717) is 38.5 Å². The van der Waals surface area contributed by atoms with Gasteiger partial charge in [0.1, 0.15) is 18.2 Å². The van der Waals surface area contributed by atoms with Gasteiger partial charge in [0.05, 0.1) is 25.8 Å². The van der Waals surface area contributed by atoms with Crippen LogP contribution in [0.1, 0.15) is 36.8 Å². The van der Waals surface area contributed by atoms with Gasteiger partial charge in [0.2, 0.25) is 11.8 Å². The van der Waals surface area contributed by atoms with Crippen molar-refractivity contribution < 1.29 is 23.5 Å². The molecule has 3 heterocycles. The summed E-state index contributed by atoms with van der Waals surface area (Å²) in [6, 6.07) is 7.72. The first-order valence-corrected chi connectivity index (χ1v) is 13.6. The number of morpholine rings is 1. The summed E-state index contributed by atoms with van der Waals surface area (Å²) in [7, 11) is 0. The van der Waals surface area contributed by atoms with Crippen molar-refractivity contribution in [1.29, 1.82) is 0 Å². The molecule has 4 rings (SSSR count). The Bertz CT molecular complexity index is 1010. The standard InChI is InChI=1S/C27H36FN3O4S/c1-20(2)17-26(32)30(11-10-29-12-14-34-15-13-29)18-27(33)31-9-7-25-23(8-16-36-25)24(31)19-35-22-5-3-21(28)4-6-22/h3-6,8,16,20,24H,7,9-15,17-19H2,1-2H3. The lowest BCUT2D eigenvalue weighted by Crippen LogP contribution is -2.50. The molecule has 2 amide bonds. The van der Waals surface area contributed by atoms with Crippen LogP contribution in [0.4, 0.5) is 4.39 Å². The molecule has 36 heavy (non-hydrogen) atoms. The second-order valence-electron chi connectivity index (χ2n) is 9.78. The van der Waals surface area contributed by atoms with Gasteiger partial charge in [0, 0.05) is 44.0 Å². The quantitative estimate of drug-likeness (QED) is 0.482. The number of carbonyl (C=O) groups is 2. The third-order valence-corrected chi connectivity index (χ3v) is 7.68. The van der Waals surface area contributed by atoms with Crippen LogP contribution in [-0.4, -0.2) is 85.6 Å². The molecule has 1 aromatic carbocycles. The van der Waals surface area contributed by atoms with E-state index in [-0.39, 0.29) is 42.7 Å². The van der Waals surface area contributed by atoms with Gasteiger partial charge in [-0.2, -0.15) is 0 Å². The molecule has 0 radical (unpaired) electrons. The van der Waals surface area contributed by atoms with Crippen LogP contribution in [0.5, 0.6) is 5.75 Å². The van der Waals surface area contributed by atoms with Crippen molar-refractivity contribution in [2.45, 2.75) is 32.7 Å². The Hall–Kier alpha value is -2.49. The summed E-state index contributed by atoms with van der Waals surface area (Å²) in [6.07, 6.45) is 1.21. The van der Waals surface area contributed by atoms with E-state index < -0.39 is 0 Å². The zero-order valence-corrected chi connectivity index (χ0v) is 22.0. The van der Waals surface area contributed by atoms with Crippen molar-refractivity contribution in [3.63, 3.8) is 0 Å². The van der Waals surface area contributed by atoms with Crippen LogP contribution in [0, 0.1) is 11.7 Å². The van der Waals surface area contributed by atoms with Gasteiger partial charge < -0.3 is 19.3 Å². The Morgan fingerprint density at radius 1 is 1.17 bits per heavy atom. The third-order valence-electron chi connectivity index (χ3n) is 6.69. The molecule has 2 aromatic rings. The predicted molar refractivity (Wildman–Crippen MR) is 138 cm³/mol. The molecule has 196 valence electrons. The van der Waals surface area contributed by atoms with Gasteiger partial charge in [-0.05, 0) is 53.6 Å². The van der Waals surface area contributed by atoms with E-state index in [1.165, 1.54) is 17.0 Å². The van der Waals surface area contributed by atoms with Crippen LogP contribution in [0.3, 0.4) is 0 Å². The van der Waals surface area contributed by atoms with Gasteiger partial charge in [-0.15, -0.1) is 11.3 Å². The van der Waals surface area contributed by atoms with Crippen LogP contribution in [0.15, 0.2) is 35.7 Å². The van der Waals surface area contributed by atoms with E-state index in [0.717, 1.165) is 31.6 Å². The van der Waals surface area contributed by atoms with E-state index in [2.05, 4.69) is 11.0 Å². The zero-order chi connectivity index (χ0) is 25.5. The Balaban J connectivity index is 1.45. The maximum Gasteiger partial charge on any atom is 0.242 e. The summed E-state index contributed by atoms with van der Waals surface area (Å²) in [4.78, 5) is 33.8. The lowest BCUT2D eigenvalue weighted by atomic mass is 10.0. The first kappa shape index (κ1) is 26.6. The molecule has 1 atom stereocenters. The molecule has 1 fully saturated rings. The molecule has 1 aromatic heterocycles. The van der Waals surface area contributed by atoms with Crippen LogP contribution >= 0.6 is 11.3 Å². The SMILES string of the molecule is CC(C)CC(=O)N(CCN1CCOCC1)CC(=O)N1CCc2sccc2C1COc1ccc(F)cc1. The fourth-order valence-electron chi connectivity index (χ4n) is 4.69. The number of hydrogen-bond donors (Lipinski definition) is 0. The van der Waals surface area contributed by atoms with Crippen LogP contribution in [0.25, 0.3) is 0 Å². The smallest absolute Gasteiger partial charge is 0.242 e. The fraction of sp³-hybridized carbons (Fsp3) is 0.556. The Morgan fingerprint density at radius 2 is 1.92 bits per heavy atom. The van der Waals surface area contributed by atoms with Gasteiger partial charge in [0.15, 0.2) is 0 Å². The molecular weight excluding hydrogens is 481 g/mol. The van der Waals surface area contributed by atoms with Crippen LogP contribution in [-0.2, 0) is 20.7 Å². The molecule has 9 heteroatoms. The monoisotopic (exact) mass is 517 g/mol. The van der Waals surface area contributed by atoms with E-state index >= 15 is 0 Å². The van der Waals surface area contributed by atoms with Crippen LogP contribution in [0.2, 0.25) is 0 Å². The molecule has 1 unspecified atom stereocenters. The van der Waals surface area contributed by atoms with Crippen molar-refractivity contribution in [1.82, 2.24) is 14.7 Å². The van der Waals surface area contributed by atoms with E-state index in [1.807, 2.05) is 24.1 Å². The summed E-state index contributed by atoms with van der Waals surface area (Å²) in [5.74, 6) is 0.405. The molecular formula is C27H36FN3O4S. The van der Waals surface area contributed by atoms with E-state index in [9.17, 15) is 14.0 Å². The second kappa shape index (κ2) is 12.7. The molecule has 7 nitrogen and oxygen atoms in total. The number of nitrogens with zero attached hydrogens (tertiary/aromatic N) is 3. The average molecular weight is 518 g/mol. The second-order valence-corrected chi connectivity index (χ2v) is 10.8. The van der Waals surface area contributed by atoms with E-state index in [1.54, 1.807) is 28.4 Å². The van der Waals surface area contributed by atoms with Gasteiger partial charge in [-0.25, -0.2) is 4.39 Å². The number of carbonyl (C=O) groups excluding carboxylic acids is 2. The zero-order valence-electron chi connectivity index (χ0n) is 21.2. The number of ether oxygens (including phenoxy) is 2. The first-order valence-electron chi connectivity index (χ1n) is 12.7. The largest absolute Gasteiger partial charge is 0.491 e. The summed E-state index contributed by atoms with van der Waals surface area (Å²) in [5.41, 5.74) is 1.09. The van der Waals surface area contributed by atoms with Crippen molar-refractivity contribution in [2.75, 3.05) is 59.1 Å². The number of thiophene rings is 1. The van der Waals surface area contributed by atoms with Crippen LogP contribution < -0.4 is 4.74 Å². The molecule has 1 saturated heterocycles. The van der Waals surface area contributed by atoms with Gasteiger partial charge in [-0.3, -0.25) is 14.5 Å². The molecule has 0 bridgehead atoms. The summed E-state index contributed by atoms with van der Waals surface area (Å²) in [5, 5.41) is 2.05. The van der Waals surface area contributed by atoms with Gasteiger partial charge in [-0.1, -0.05) is 13.8 Å². The van der Waals surface area contributed by atoms with Gasteiger partial charge >= 0.3 is 0 Å². The lowest BCUT2D eigenvalue weighted by Gasteiger charge is -2.37. The highest BCUT2D eigenvalue weighted by atomic mass is 32.1. The Labute approximate surface area is 216 Å². The van der Waals surface area contributed by atoms with Crippen molar-refractivity contribution in [3.8, 4) is 5.75 Å². The summed E-state index contributed by atoms with van der Waals surface area (Å²) < 4.78 is 24.7. The minimum absolute atomic E-state index is 0.0129. The highest BCUT2D eigenvalue weighted by Gasteiger charge is 2.33. The minimum atomic E-state index is -0.319. The number of halogens is 1. The number of fused-ring (bicyclic) bond motifs is 1. The topological polar surface area (TPSA) is 62.3 Å². The van der Waals surface area contributed by atoms with Crippen molar-refractivity contribution >= 4 is 23.2 Å². The molecule has 0 saturated carbocycles. The summed E-state index contributed by atoms with van der Waals surface area (Å²) in [6.45, 7) is 9.29. The number of hydrogen-bond acceptors (Lipinski definition) is 6. The Morgan fingerprint density at radius 3 is 2.64 bits per heavy atom. The van der Waals surface area contributed by atoms with Gasteiger partial charge in [0.25, 0.3) is 0 Å².